The predicted octanol–water partition coefficient (Wildman–Crippen LogP) is 2.62. The topological polar surface area (TPSA) is 102 Å². The Balaban J connectivity index is 1.68. The van der Waals surface area contributed by atoms with Gasteiger partial charge in [0.2, 0.25) is 11.7 Å². The average molecular weight is 413 g/mol. The highest BCUT2D eigenvalue weighted by Gasteiger charge is 2.22. The molecule has 0 bridgehead atoms. The van der Waals surface area contributed by atoms with Crippen molar-refractivity contribution < 1.29 is 9.59 Å². The number of benzene rings is 2. The smallest absolute Gasteiger partial charge is 0.251 e. The fourth-order valence-corrected chi connectivity index (χ4v) is 2.93. The third-order valence-corrected chi connectivity index (χ3v) is 4.63. The largest absolute Gasteiger partial charge is 0.355 e. The van der Waals surface area contributed by atoms with Gasteiger partial charge in [-0.1, -0.05) is 30.7 Å². The molecule has 0 saturated carbocycles. The van der Waals surface area contributed by atoms with E-state index >= 15 is 0 Å². The van der Waals surface area contributed by atoms with E-state index in [-0.39, 0.29) is 11.8 Å². The number of rotatable bonds is 7. The Labute approximate surface area is 173 Å². The van der Waals surface area contributed by atoms with Gasteiger partial charge in [-0.05, 0) is 53.6 Å². The fourth-order valence-electron chi connectivity index (χ4n) is 2.80. The molecule has 1 atom stereocenters. The molecule has 150 valence electrons. The standard InChI is InChI=1S/C20H21ClN6O2/c1-3-17(27-25-18(24-26-27)14-7-9-16(21)10-8-14)20(29)23-12-13-5-4-6-15(11-13)19(28)22-2/h4-11,17H,3,12H2,1-2H3,(H,22,28)(H,23,29). The maximum absolute atomic E-state index is 12.7. The van der Waals surface area contributed by atoms with Crippen molar-refractivity contribution in [3.05, 3.63) is 64.7 Å². The van der Waals surface area contributed by atoms with Gasteiger partial charge in [-0.2, -0.15) is 4.80 Å². The molecule has 0 aliphatic heterocycles. The summed E-state index contributed by atoms with van der Waals surface area (Å²) in [4.78, 5) is 25.7. The van der Waals surface area contributed by atoms with Gasteiger partial charge in [-0.25, -0.2) is 0 Å². The molecule has 1 unspecified atom stereocenters. The van der Waals surface area contributed by atoms with Crippen LogP contribution in [0.25, 0.3) is 11.4 Å². The number of hydrogen-bond acceptors (Lipinski definition) is 5. The zero-order valence-corrected chi connectivity index (χ0v) is 16.8. The van der Waals surface area contributed by atoms with Crippen LogP contribution in [0.15, 0.2) is 48.5 Å². The lowest BCUT2D eigenvalue weighted by Gasteiger charge is -2.14. The van der Waals surface area contributed by atoms with Gasteiger partial charge in [0.25, 0.3) is 5.91 Å². The lowest BCUT2D eigenvalue weighted by Crippen LogP contribution is -2.33. The van der Waals surface area contributed by atoms with E-state index in [9.17, 15) is 9.59 Å². The Hall–Kier alpha value is -3.26. The van der Waals surface area contributed by atoms with Crippen molar-refractivity contribution in [2.24, 2.45) is 0 Å². The van der Waals surface area contributed by atoms with E-state index in [0.717, 1.165) is 11.1 Å². The summed E-state index contributed by atoms with van der Waals surface area (Å²) in [6.45, 7) is 2.17. The SMILES string of the molecule is CCC(C(=O)NCc1cccc(C(=O)NC)c1)n1nnc(-c2ccc(Cl)cc2)n1. The van der Waals surface area contributed by atoms with Crippen LogP contribution in [0.3, 0.4) is 0 Å². The molecule has 1 aromatic heterocycles. The molecular formula is C20H21ClN6O2. The van der Waals surface area contributed by atoms with E-state index in [1.807, 2.05) is 13.0 Å². The second kappa shape index (κ2) is 9.29. The van der Waals surface area contributed by atoms with Crippen molar-refractivity contribution in [2.75, 3.05) is 7.05 Å². The number of hydrogen-bond donors (Lipinski definition) is 2. The van der Waals surface area contributed by atoms with Gasteiger partial charge in [0, 0.05) is 29.7 Å². The van der Waals surface area contributed by atoms with Gasteiger partial charge in [0.1, 0.15) is 0 Å². The summed E-state index contributed by atoms with van der Waals surface area (Å²) < 4.78 is 0. The highest BCUT2D eigenvalue weighted by Crippen LogP contribution is 2.18. The molecule has 9 heteroatoms. The summed E-state index contributed by atoms with van der Waals surface area (Å²) in [5, 5.41) is 18.5. The summed E-state index contributed by atoms with van der Waals surface area (Å²) in [6.07, 6.45) is 0.501. The first kappa shape index (κ1) is 20.5. The van der Waals surface area contributed by atoms with Crippen LogP contribution in [-0.4, -0.2) is 39.1 Å². The van der Waals surface area contributed by atoms with Crippen molar-refractivity contribution in [3.8, 4) is 11.4 Å². The van der Waals surface area contributed by atoms with Crippen molar-refractivity contribution in [2.45, 2.75) is 25.9 Å². The molecule has 0 radical (unpaired) electrons. The molecule has 8 nitrogen and oxygen atoms in total. The van der Waals surface area contributed by atoms with Crippen LogP contribution in [-0.2, 0) is 11.3 Å². The second-order valence-electron chi connectivity index (χ2n) is 6.36. The summed E-state index contributed by atoms with van der Waals surface area (Å²) in [7, 11) is 1.58. The van der Waals surface area contributed by atoms with Crippen LogP contribution in [0.2, 0.25) is 5.02 Å². The van der Waals surface area contributed by atoms with Crippen molar-refractivity contribution >= 4 is 23.4 Å². The van der Waals surface area contributed by atoms with E-state index in [4.69, 9.17) is 11.6 Å². The van der Waals surface area contributed by atoms with Gasteiger partial charge in [-0.15, -0.1) is 10.2 Å². The summed E-state index contributed by atoms with van der Waals surface area (Å²) in [5.74, 6) is 0.0234. The molecule has 0 aliphatic carbocycles. The number of halogens is 1. The molecule has 0 fully saturated rings. The Bertz CT molecular complexity index is 1000. The average Bonchev–Trinajstić information content (AvgIpc) is 3.22. The highest BCUT2D eigenvalue weighted by molar-refractivity contribution is 6.30. The van der Waals surface area contributed by atoms with E-state index in [0.29, 0.717) is 29.4 Å². The molecule has 2 amide bonds. The minimum atomic E-state index is -0.592. The predicted molar refractivity (Wildman–Crippen MR) is 109 cm³/mol. The first-order valence-electron chi connectivity index (χ1n) is 9.16. The van der Waals surface area contributed by atoms with E-state index in [1.165, 1.54) is 4.80 Å². The third kappa shape index (κ3) is 4.97. The van der Waals surface area contributed by atoms with Gasteiger partial charge in [0.15, 0.2) is 6.04 Å². The lowest BCUT2D eigenvalue weighted by molar-refractivity contribution is -0.125. The second-order valence-corrected chi connectivity index (χ2v) is 6.80. The molecule has 29 heavy (non-hydrogen) atoms. The quantitative estimate of drug-likeness (QED) is 0.621. The molecular weight excluding hydrogens is 392 g/mol. The van der Waals surface area contributed by atoms with E-state index in [2.05, 4.69) is 26.0 Å². The number of amides is 2. The maximum Gasteiger partial charge on any atom is 0.251 e. The van der Waals surface area contributed by atoms with E-state index < -0.39 is 6.04 Å². The Kier molecular flexibility index (Phi) is 6.56. The Morgan fingerprint density at radius 1 is 1.17 bits per heavy atom. The van der Waals surface area contributed by atoms with Crippen LogP contribution >= 0.6 is 11.6 Å². The minimum Gasteiger partial charge on any atom is -0.355 e. The molecule has 0 spiro atoms. The van der Waals surface area contributed by atoms with E-state index in [1.54, 1.807) is 49.5 Å². The first-order chi connectivity index (χ1) is 14.0. The molecule has 2 aromatic carbocycles. The van der Waals surface area contributed by atoms with Crippen LogP contribution in [0.5, 0.6) is 0 Å². The Morgan fingerprint density at radius 3 is 2.62 bits per heavy atom. The van der Waals surface area contributed by atoms with Crippen LogP contribution in [0.1, 0.15) is 35.3 Å². The van der Waals surface area contributed by atoms with Crippen LogP contribution in [0.4, 0.5) is 0 Å². The molecule has 0 saturated heterocycles. The fraction of sp³-hybridized carbons (Fsp3) is 0.250. The number of carbonyl (C=O) groups excluding carboxylic acids is 2. The zero-order valence-electron chi connectivity index (χ0n) is 16.1. The van der Waals surface area contributed by atoms with Crippen LogP contribution < -0.4 is 10.6 Å². The lowest BCUT2D eigenvalue weighted by atomic mass is 10.1. The van der Waals surface area contributed by atoms with Gasteiger partial charge in [0.05, 0.1) is 0 Å². The number of tetrazole rings is 1. The van der Waals surface area contributed by atoms with Gasteiger partial charge >= 0.3 is 0 Å². The van der Waals surface area contributed by atoms with Crippen molar-refractivity contribution in [3.63, 3.8) is 0 Å². The van der Waals surface area contributed by atoms with Crippen LogP contribution in [0, 0.1) is 0 Å². The number of nitrogens with one attached hydrogen (secondary N) is 2. The monoisotopic (exact) mass is 412 g/mol. The minimum absolute atomic E-state index is 0.175. The maximum atomic E-state index is 12.7. The summed E-state index contributed by atoms with van der Waals surface area (Å²) in [5.41, 5.74) is 2.13. The zero-order chi connectivity index (χ0) is 20.8. The number of aromatic nitrogens is 4. The third-order valence-electron chi connectivity index (χ3n) is 4.38. The molecule has 3 rings (SSSR count). The summed E-state index contributed by atoms with van der Waals surface area (Å²) in [6, 6.07) is 13.6. The first-order valence-corrected chi connectivity index (χ1v) is 9.53. The van der Waals surface area contributed by atoms with Gasteiger partial charge < -0.3 is 10.6 Å². The summed E-state index contributed by atoms with van der Waals surface area (Å²) >= 11 is 5.90. The molecule has 1 heterocycles. The highest BCUT2D eigenvalue weighted by atomic mass is 35.5. The van der Waals surface area contributed by atoms with Gasteiger partial charge in [-0.3, -0.25) is 9.59 Å². The normalized spacial score (nSPS) is 11.7. The molecule has 3 aromatic rings. The molecule has 2 N–H and O–H groups in total. The Morgan fingerprint density at radius 2 is 1.93 bits per heavy atom. The molecule has 0 aliphatic rings. The number of carbonyl (C=O) groups is 2. The number of nitrogens with zero attached hydrogens (tertiary/aromatic N) is 4. The van der Waals surface area contributed by atoms with Crippen molar-refractivity contribution in [1.82, 2.24) is 30.8 Å². The van der Waals surface area contributed by atoms with Crippen molar-refractivity contribution in [1.29, 1.82) is 0 Å².